The molecule has 4 aromatic rings. The largest absolute Gasteiger partial charge is 0.427 e. The van der Waals surface area contributed by atoms with E-state index in [1.54, 1.807) is 38.1 Å². The molecule has 6 rings (SSSR count). The summed E-state index contributed by atoms with van der Waals surface area (Å²) in [4.78, 5) is 76.2. The number of allylic oxidation sites excluding steroid dienone is 2. The summed E-state index contributed by atoms with van der Waals surface area (Å²) < 4.78 is 8.26. The molecule has 4 heterocycles. The molecule has 0 aliphatic heterocycles. The highest BCUT2D eigenvalue weighted by Crippen LogP contribution is 2.23. The predicted molar refractivity (Wildman–Crippen MR) is 152 cm³/mol. The van der Waals surface area contributed by atoms with Gasteiger partial charge in [0.05, 0.1) is 17.0 Å². The van der Waals surface area contributed by atoms with Gasteiger partial charge in [-0.15, -0.1) is 0 Å². The SMILES string of the molecule is Cc1nc(-n2cncn2)ccc1C(=O)C1C(=O)CCCC1=O.Cc1nc(-n2cncn2)ccc1C(=O)OC1=CC(=O)CCC1. The Morgan fingerprint density at radius 2 is 1.30 bits per heavy atom. The number of Topliss-reactive ketones (excluding diaryl/α,β-unsaturated/α-hetero) is 3. The molecule has 44 heavy (non-hydrogen) atoms. The Kier molecular flexibility index (Phi) is 8.98. The van der Waals surface area contributed by atoms with Crippen LogP contribution in [0.15, 0.2) is 61.4 Å². The molecule has 0 bridgehead atoms. The van der Waals surface area contributed by atoms with Gasteiger partial charge in [0.1, 0.15) is 37.0 Å². The molecule has 0 aromatic carbocycles. The summed E-state index contributed by atoms with van der Waals surface area (Å²) in [5.41, 5.74) is 1.66. The minimum absolute atomic E-state index is 0.00886. The van der Waals surface area contributed by atoms with Gasteiger partial charge in [-0.25, -0.2) is 34.1 Å². The Morgan fingerprint density at radius 3 is 1.80 bits per heavy atom. The third-order valence-corrected chi connectivity index (χ3v) is 7.08. The quantitative estimate of drug-likeness (QED) is 0.181. The number of carbonyl (C=O) groups is 5. The average Bonchev–Trinajstić information content (AvgIpc) is 3.73. The molecule has 0 N–H and O–H groups in total. The molecule has 0 unspecified atom stereocenters. The van der Waals surface area contributed by atoms with Crippen molar-refractivity contribution in [2.24, 2.45) is 5.92 Å². The first-order chi connectivity index (χ1) is 21.2. The maximum Gasteiger partial charge on any atom is 0.345 e. The van der Waals surface area contributed by atoms with Crippen LogP contribution < -0.4 is 0 Å². The van der Waals surface area contributed by atoms with Crippen LogP contribution in [0.1, 0.15) is 70.6 Å². The second-order valence-corrected chi connectivity index (χ2v) is 10.2. The number of aryl methyl sites for hydroxylation is 2. The molecule has 1 fully saturated rings. The van der Waals surface area contributed by atoms with E-state index in [-0.39, 0.29) is 30.2 Å². The van der Waals surface area contributed by atoms with E-state index in [0.717, 1.165) is 0 Å². The third kappa shape index (κ3) is 6.75. The van der Waals surface area contributed by atoms with Crippen LogP contribution in [0.25, 0.3) is 11.6 Å². The zero-order valence-corrected chi connectivity index (χ0v) is 24.0. The highest BCUT2D eigenvalue weighted by atomic mass is 16.5. The van der Waals surface area contributed by atoms with Crippen molar-refractivity contribution in [2.45, 2.75) is 52.4 Å². The van der Waals surface area contributed by atoms with Gasteiger partial charge in [0, 0.05) is 37.3 Å². The Morgan fingerprint density at radius 1 is 0.750 bits per heavy atom. The highest BCUT2D eigenvalue weighted by Gasteiger charge is 2.37. The predicted octanol–water partition coefficient (Wildman–Crippen LogP) is 2.86. The van der Waals surface area contributed by atoms with Crippen molar-refractivity contribution in [2.75, 3.05) is 0 Å². The molecule has 224 valence electrons. The summed E-state index contributed by atoms with van der Waals surface area (Å²) in [6.07, 6.45) is 10.1. The van der Waals surface area contributed by atoms with Gasteiger partial charge in [-0.1, -0.05) is 0 Å². The second-order valence-electron chi connectivity index (χ2n) is 10.2. The number of hydrogen-bond acceptors (Lipinski definition) is 12. The smallest absolute Gasteiger partial charge is 0.345 e. The van der Waals surface area contributed by atoms with Crippen LogP contribution in [0, 0.1) is 19.8 Å². The van der Waals surface area contributed by atoms with Crippen molar-refractivity contribution in [3.05, 3.63) is 83.9 Å². The average molecular weight is 597 g/mol. The maximum atomic E-state index is 12.5. The molecule has 2 aliphatic carbocycles. The zero-order valence-electron chi connectivity index (χ0n) is 24.0. The molecule has 14 nitrogen and oxygen atoms in total. The first-order valence-corrected chi connectivity index (χ1v) is 13.9. The van der Waals surface area contributed by atoms with Crippen LogP contribution >= 0.6 is 0 Å². The van der Waals surface area contributed by atoms with Crippen molar-refractivity contribution in [1.82, 2.24) is 39.5 Å². The normalized spacial score (nSPS) is 15.3. The van der Waals surface area contributed by atoms with Gasteiger partial charge in [0.25, 0.3) is 0 Å². The van der Waals surface area contributed by atoms with Crippen LogP contribution in [0.3, 0.4) is 0 Å². The number of pyridine rings is 2. The number of rotatable bonds is 6. The summed E-state index contributed by atoms with van der Waals surface area (Å²) in [6, 6.07) is 6.50. The van der Waals surface area contributed by atoms with Gasteiger partial charge in [0.2, 0.25) is 0 Å². The number of aromatic nitrogens is 8. The number of hydrogen-bond donors (Lipinski definition) is 0. The topological polar surface area (TPSA) is 182 Å². The van der Waals surface area contributed by atoms with Gasteiger partial charge in [-0.05, 0) is 51.0 Å². The molecule has 0 atom stereocenters. The number of nitrogens with zero attached hydrogens (tertiary/aromatic N) is 8. The van der Waals surface area contributed by atoms with Gasteiger partial charge in [0.15, 0.2) is 34.8 Å². The lowest BCUT2D eigenvalue weighted by molar-refractivity contribution is -0.133. The number of carbonyl (C=O) groups excluding carboxylic acids is 5. The zero-order chi connectivity index (χ0) is 31.2. The number of ketones is 4. The van der Waals surface area contributed by atoms with E-state index in [1.165, 1.54) is 40.7 Å². The van der Waals surface area contributed by atoms with Gasteiger partial charge < -0.3 is 4.74 Å². The molecular weight excluding hydrogens is 568 g/mol. The first-order valence-electron chi connectivity index (χ1n) is 13.9. The molecular formula is C30H28N8O6. The lowest BCUT2D eigenvalue weighted by atomic mass is 9.81. The van der Waals surface area contributed by atoms with E-state index in [4.69, 9.17) is 4.74 Å². The molecule has 0 saturated heterocycles. The van der Waals surface area contributed by atoms with Crippen LogP contribution in [0.4, 0.5) is 0 Å². The van der Waals surface area contributed by atoms with Gasteiger partial charge in [-0.2, -0.15) is 10.2 Å². The molecule has 0 spiro atoms. The van der Waals surface area contributed by atoms with Crippen LogP contribution in [0.5, 0.6) is 0 Å². The van der Waals surface area contributed by atoms with Crippen molar-refractivity contribution >= 4 is 29.1 Å². The Balaban J connectivity index is 0.000000175. The van der Waals surface area contributed by atoms with Crippen LogP contribution in [-0.2, 0) is 19.1 Å². The maximum absolute atomic E-state index is 12.5. The van der Waals surface area contributed by atoms with E-state index in [9.17, 15) is 24.0 Å². The van der Waals surface area contributed by atoms with E-state index in [2.05, 4.69) is 30.1 Å². The lowest BCUT2D eigenvalue weighted by Crippen LogP contribution is -2.35. The molecule has 14 heteroatoms. The van der Waals surface area contributed by atoms with Crippen LogP contribution in [0.2, 0.25) is 0 Å². The molecule has 4 aromatic heterocycles. The van der Waals surface area contributed by atoms with E-state index < -0.39 is 17.7 Å². The Bertz CT molecular complexity index is 1750. The molecule has 1 saturated carbocycles. The molecule has 0 amide bonds. The van der Waals surface area contributed by atoms with E-state index in [1.807, 2.05) is 0 Å². The van der Waals surface area contributed by atoms with E-state index >= 15 is 0 Å². The summed E-state index contributed by atoms with van der Waals surface area (Å²) in [7, 11) is 0. The number of ether oxygens (including phenoxy) is 1. The van der Waals surface area contributed by atoms with Crippen LogP contribution in [-0.4, -0.2) is 68.6 Å². The number of esters is 1. The van der Waals surface area contributed by atoms with E-state index in [0.29, 0.717) is 65.6 Å². The Hall–Kier alpha value is -5.53. The first kappa shape index (κ1) is 29.9. The summed E-state index contributed by atoms with van der Waals surface area (Å²) in [5.74, 6) is -1.20. The van der Waals surface area contributed by atoms with Gasteiger partial charge >= 0.3 is 5.97 Å². The molecule has 2 aliphatic rings. The monoisotopic (exact) mass is 596 g/mol. The van der Waals surface area contributed by atoms with Crippen molar-refractivity contribution < 1.29 is 28.7 Å². The minimum Gasteiger partial charge on any atom is -0.427 e. The lowest BCUT2D eigenvalue weighted by Gasteiger charge is -2.18. The van der Waals surface area contributed by atoms with Crippen molar-refractivity contribution in [1.29, 1.82) is 0 Å². The fourth-order valence-electron chi connectivity index (χ4n) is 4.85. The van der Waals surface area contributed by atoms with Crippen molar-refractivity contribution in [3.8, 4) is 11.6 Å². The third-order valence-electron chi connectivity index (χ3n) is 7.08. The minimum atomic E-state index is -1.16. The fraction of sp³-hybridized carbons (Fsp3) is 0.300. The second kappa shape index (κ2) is 13.2. The standard InChI is InChI=1S/2C15H14N4O3/c1-10-13(5-6-14(18-10)19-9-16-8-17-19)15(21)22-12-4-2-3-11(20)7-12;1-9-10(5-6-13(18-9)19-8-16-7-17-19)15(22)14-11(20)3-2-4-12(14)21/h5-9H,2-4H2,1H3;5-8,14H,2-4H2,1H3. The summed E-state index contributed by atoms with van der Waals surface area (Å²) in [5, 5.41) is 7.95. The molecule has 0 radical (unpaired) electrons. The fourth-order valence-corrected chi connectivity index (χ4v) is 4.85. The van der Waals surface area contributed by atoms with Crippen molar-refractivity contribution in [3.63, 3.8) is 0 Å². The summed E-state index contributed by atoms with van der Waals surface area (Å²) >= 11 is 0. The highest BCUT2D eigenvalue weighted by molar-refractivity contribution is 6.25. The van der Waals surface area contributed by atoms with Gasteiger partial charge in [-0.3, -0.25) is 19.2 Å². The Labute approximate surface area is 251 Å². The summed E-state index contributed by atoms with van der Waals surface area (Å²) in [6.45, 7) is 3.39.